The van der Waals surface area contributed by atoms with Crippen LogP contribution in [0, 0.1) is 0 Å². The molecular weight excluding hydrogens is 562 g/mol. The first-order chi connectivity index (χ1) is 15.9. The van der Waals surface area contributed by atoms with E-state index in [2.05, 4.69) is 26.2 Å². The number of anilines is 1. The second-order valence-corrected chi connectivity index (χ2v) is 11.2. The molecule has 168 valence electrons. The molecule has 5 nitrogen and oxygen atoms in total. The fourth-order valence-corrected chi connectivity index (χ4v) is 5.89. The number of carbonyl (C=O) groups is 2. The van der Waals surface area contributed by atoms with Crippen molar-refractivity contribution in [2.45, 2.75) is 12.8 Å². The molecule has 33 heavy (non-hydrogen) atoms. The summed E-state index contributed by atoms with van der Waals surface area (Å²) in [7, 11) is 0. The Morgan fingerprint density at radius 3 is 2.85 bits per heavy atom. The molecule has 0 atom stereocenters. The van der Waals surface area contributed by atoms with E-state index in [1.807, 2.05) is 48.5 Å². The van der Waals surface area contributed by atoms with Gasteiger partial charge in [-0.25, -0.2) is 4.98 Å². The molecule has 1 aromatic heterocycles. The van der Waals surface area contributed by atoms with Gasteiger partial charge in [0.05, 0.1) is 4.91 Å². The van der Waals surface area contributed by atoms with Crippen LogP contribution in [0.3, 0.4) is 0 Å². The summed E-state index contributed by atoms with van der Waals surface area (Å²) in [4.78, 5) is 32.5. The number of rotatable bonds is 7. The van der Waals surface area contributed by atoms with Crippen LogP contribution in [0.4, 0.5) is 5.13 Å². The van der Waals surface area contributed by atoms with Crippen molar-refractivity contribution in [2.24, 2.45) is 0 Å². The van der Waals surface area contributed by atoms with Gasteiger partial charge in [-0.1, -0.05) is 81.8 Å². The van der Waals surface area contributed by atoms with Gasteiger partial charge in [0.25, 0.3) is 5.91 Å². The minimum atomic E-state index is -0.223. The topological polar surface area (TPSA) is 62.3 Å². The normalized spacial score (nSPS) is 14.8. The van der Waals surface area contributed by atoms with Crippen LogP contribution in [-0.2, 0) is 16.0 Å². The Kier molecular flexibility index (Phi) is 7.98. The Hall–Kier alpha value is -2.04. The molecule has 1 aliphatic heterocycles. The zero-order chi connectivity index (χ0) is 23.4. The van der Waals surface area contributed by atoms with Crippen molar-refractivity contribution >= 4 is 90.2 Å². The van der Waals surface area contributed by atoms with E-state index in [4.69, 9.17) is 23.8 Å². The standard InChI is InChI=1S/C23H17BrClN3O2S3/c24-16-6-3-4-14(10-16)11-19-21(30)28(23(31)33-19)9-8-20(29)27-22-26-13-17(32-22)12-15-5-1-2-7-18(15)25/h1-7,10-11,13H,8-9,12H2,(H,26,27,29)/b19-11-. The van der Waals surface area contributed by atoms with Gasteiger partial charge >= 0.3 is 0 Å². The SMILES string of the molecule is O=C(CCN1C(=O)/C(=C/c2cccc(Br)c2)SC1=S)Nc1ncc(Cc2ccccc2Cl)s1. The minimum absolute atomic E-state index is 0.121. The highest BCUT2D eigenvalue weighted by molar-refractivity contribution is 9.10. The third kappa shape index (κ3) is 6.30. The number of hydrogen-bond acceptors (Lipinski definition) is 6. The number of halogens is 2. The number of thiocarbonyl (C=S) groups is 1. The Balaban J connectivity index is 1.32. The summed E-state index contributed by atoms with van der Waals surface area (Å²) in [5.41, 5.74) is 1.91. The second-order valence-electron chi connectivity index (χ2n) is 7.09. The van der Waals surface area contributed by atoms with E-state index in [0.29, 0.717) is 25.8 Å². The fourth-order valence-electron chi connectivity index (χ4n) is 3.11. The van der Waals surface area contributed by atoms with Crippen LogP contribution in [0.5, 0.6) is 0 Å². The zero-order valence-electron chi connectivity index (χ0n) is 17.1. The molecule has 1 saturated heterocycles. The van der Waals surface area contributed by atoms with Crippen molar-refractivity contribution in [1.29, 1.82) is 0 Å². The molecule has 0 bridgehead atoms. The molecule has 0 unspecified atom stereocenters. The predicted molar refractivity (Wildman–Crippen MR) is 144 cm³/mol. The van der Waals surface area contributed by atoms with E-state index in [0.717, 1.165) is 20.5 Å². The number of carbonyl (C=O) groups excluding carboxylic acids is 2. The minimum Gasteiger partial charge on any atom is -0.302 e. The van der Waals surface area contributed by atoms with Crippen LogP contribution in [-0.4, -0.2) is 32.6 Å². The highest BCUT2D eigenvalue weighted by Crippen LogP contribution is 2.33. The molecular formula is C23H17BrClN3O2S3. The summed E-state index contributed by atoms with van der Waals surface area (Å²) < 4.78 is 1.38. The molecule has 0 radical (unpaired) electrons. The number of thioether (sulfide) groups is 1. The van der Waals surface area contributed by atoms with Crippen LogP contribution >= 0.6 is 62.8 Å². The number of hydrogen-bond donors (Lipinski definition) is 1. The van der Waals surface area contributed by atoms with E-state index >= 15 is 0 Å². The van der Waals surface area contributed by atoms with Gasteiger partial charge in [0.2, 0.25) is 5.91 Å². The van der Waals surface area contributed by atoms with Crippen molar-refractivity contribution in [3.8, 4) is 0 Å². The quantitative estimate of drug-likeness (QED) is 0.260. The largest absolute Gasteiger partial charge is 0.302 e. The number of benzene rings is 2. The molecule has 0 saturated carbocycles. The van der Waals surface area contributed by atoms with Gasteiger partial charge in [-0.05, 0) is 35.4 Å². The monoisotopic (exact) mass is 577 g/mol. The third-order valence-electron chi connectivity index (χ3n) is 4.70. The summed E-state index contributed by atoms with van der Waals surface area (Å²) in [6.07, 6.45) is 4.31. The Morgan fingerprint density at radius 2 is 2.06 bits per heavy atom. The number of thiazole rings is 1. The Labute approximate surface area is 218 Å². The smallest absolute Gasteiger partial charge is 0.266 e. The number of aromatic nitrogens is 1. The van der Waals surface area contributed by atoms with Gasteiger partial charge in [0.1, 0.15) is 4.32 Å². The van der Waals surface area contributed by atoms with E-state index in [9.17, 15) is 9.59 Å². The summed E-state index contributed by atoms with van der Waals surface area (Å²) >= 11 is 17.7. The van der Waals surface area contributed by atoms with Gasteiger partial charge in [-0.2, -0.15) is 0 Å². The second kappa shape index (κ2) is 10.9. The summed E-state index contributed by atoms with van der Waals surface area (Å²) in [5.74, 6) is -0.410. The Bertz CT molecular complexity index is 1260. The van der Waals surface area contributed by atoms with E-state index in [1.165, 1.54) is 28.0 Å². The molecule has 2 amide bonds. The average Bonchev–Trinajstić information content (AvgIpc) is 3.32. The van der Waals surface area contributed by atoms with Crippen LogP contribution in [0.25, 0.3) is 6.08 Å². The summed E-state index contributed by atoms with van der Waals surface area (Å²) in [6.45, 7) is 0.212. The lowest BCUT2D eigenvalue weighted by Crippen LogP contribution is -2.31. The summed E-state index contributed by atoms with van der Waals surface area (Å²) in [5, 5.41) is 4.02. The maximum absolute atomic E-state index is 12.8. The van der Waals surface area contributed by atoms with Crippen molar-refractivity contribution in [1.82, 2.24) is 9.88 Å². The molecule has 0 spiro atoms. The van der Waals surface area contributed by atoms with Crippen molar-refractivity contribution in [3.63, 3.8) is 0 Å². The molecule has 3 aromatic rings. The van der Waals surface area contributed by atoms with Gasteiger partial charge in [0, 0.05) is 40.0 Å². The number of amides is 2. The zero-order valence-corrected chi connectivity index (χ0v) is 21.9. The Morgan fingerprint density at radius 1 is 1.24 bits per heavy atom. The fraction of sp³-hybridized carbons (Fsp3) is 0.130. The first kappa shape index (κ1) is 24.1. The van der Waals surface area contributed by atoms with Crippen LogP contribution in [0.1, 0.15) is 22.4 Å². The first-order valence-electron chi connectivity index (χ1n) is 9.88. The lowest BCUT2D eigenvalue weighted by atomic mass is 10.1. The predicted octanol–water partition coefficient (Wildman–Crippen LogP) is 6.38. The molecule has 1 N–H and O–H groups in total. The maximum atomic E-state index is 12.8. The van der Waals surface area contributed by atoms with Gasteiger partial charge in [0.15, 0.2) is 5.13 Å². The maximum Gasteiger partial charge on any atom is 0.266 e. The first-order valence-corrected chi connectivity index (χ1v) is 13.1. The highest BCUT2D eigenvalue weighted by Gasteiger charge is 2.32. The van der Waals surface area contributed by atoms with Crippen molar-refractivity contribution < 1.29 is 9.59 Å². The molecule has 4 rings (SSSR count). The average molecular weight is 579 g/mol. The van der Waals surface area contributed by atoms with Gasteiger partial charge in [-0.3, -0.25) is 14.5 Å². The highest BCUT2D eigenvalue weighted by atomic mass is 79.9. The van der Waals surface area contributed by atoms with E-state index < -0.39 is 0 Å². The lowest BCUT2D eigenvalue weighted by Gasteiger charge is -2.13. The number of nitrogens with zero attached hydrogens (tertiary/aromatic N) is 2. The van der Waals surface area contributed by atoms with E-state index in [1.54, 1.807) is 12.3 Å². The van der Waals surface area contributed by atoms with Crippen molar-refractivity contribution in [3.05, 3.63) is 85.1 Å². The van der Waals surface area contributed by atoms with E-state index in [-0.39, 0.29) is 24.8 Å². The number of nitrogens with one attached hydrogen (secondary N) is 1. The van der Waals surface area contributed by atoms with Crippen molar-refractivity contribution in [2.75, 3.05) is 11.9 Å². The molecule has 0 aliphatic carbocycles. The molecule has 1 fully saturated rings. The lowest BCUT2D eigenvalue weighted by molar-refractivity contribution is -0.122. The molecule has 10 heteroatoms. The third-order valence-corrected chi connectivity index (χ3v) is 7.86. The van der Waals surface area contributed by atoms with Crippen LogP contribution in [0.15, 0.2) is 64.1 Å². The van der Waals surface area contributed by atoms with Gasteiger partial charge < -0.3 is 5.32 Å². The molecule has 1 aliphatic rings. The molecule has 2 aromatic carbocycles. The summed E-state index contributed by atoms with van der Waals surface area (Å²) in [6, 6.07) is 15.3. The van der Waals surface area contributed by atoms with Crippen LogP contribution < -0.4 is 5.32 Å². The van der Waals surface area contributed by atoms with Crippen LogP contribution in [0.2, 0.25) is 5.02 Å². The van der Waals surface area contributed by atoms with Gasteiger partial charge in [-0.15, -0.1) is 11.3 Å². The molecule has 2 heterocycles.